The second-order valence-corrected chi connectivity index (χ2v) is 5.85. The molecule has 8 heteroatoms. The molecule has 2 aromatic rings. The number of rotatable bonds is 4. The van der Waals surface area contributed by atoms with Crippen molar-refractivity contribution in [3.05, 3.63) is 44.0 Å². The number of hydrazine groups is 1. The van der Waals surface area contributed by atoms with E-state index in [1.54, 1.807) is 13.0 Å². The zero-order valence-corrected chi connectivity index (χ0v) is 11.7. The van der Waals surface area contributed by atoms with E-state index in [1.165, 1.54) is 29.2 Å². The van der Waals surface area contributed by atoms with Crippen LogP contribution in [0.1, 0.15) is 20.2 Å². The lowest BCUT2D eigenvalue weighted by Gasteiger charge is -1.99. The van der Waals surface area contributed by atoms with Gasteiger partial charge in [-0.1, -0.05) is 11.8 Å². The van der Waals surface area contributed by atoms with Gasteiger partial charge in [-0.25, -0.2) is 10.8 Å². The zero-order chi connectivity index (χ0) is 13.8. The molecule has 0 spiro atoms. The predicted octanol–water partition coefficient (Wildman–Crippen LogP) is 1.04. The minimum atomic E-state index is -0.302. The van der Waals surface area contributed by atoms with E-state index in [2.05, 4.69) is 15.4 Å². The van der Waals surface area contributed by atoms with Crippen molar-refractivity contribution >= 4 is 29.0 Å². The molecule has 2 rings (SSSR count). The van der Waals surface area contributed by atoms with Crippen LogP contribution in [0.3, 0.4) is 0 Å². The van der Waals surface area contributed by atoms with Crippen LogP contribution in [0.15, 0.2) is 28.2 Å². The maximum Gasteiger partial charge on any atom is 0.275 e. The van der Waals surface area contributed by atoms with Crippen molar-refractivity contribution in [2.24, 2.45) is 5.84 Å². The third-order valence-corrected chi connectivity index (χ3v) is 4.40. The number of carbonyl (C=O) groups is 1. The first-order valence-electron chi connectivity index (χ1n) is 5.39. The number of nitrogens with zero attached hydrogens (tertiary/aromatic N) is 1. The number of carbonyl (C=O) groups excluding carboxylic acids is 1. The summed E-state index contributed by atoms with van der Waals surface area (Å²) in [5.41, 5.74) is 2.61. The standard InChI is InChI=1S/C11H12N4O2S2/c1-6-4-9(16)14-11(13-6)18-5-7-2-3-8(19-7)10(17)15-12/h2-4H,5,12H2,1H3,(H,15,17)(H,13,14,16). The molecule has 0 aromatic carbocycles. The first-order chi connectivity index (χ1) is 9.08. The molecule has 0 fully saturated rings. The van der Waals surface area contributed by atoms with Crippen molar-refractivity contribution in [2.45, 2.75) is 17.8 Å². The Labute approximate surface area is 117 Å². The van der Waals surface area contributed by atoms with Gasteiger partial charge in [-0.2, -0.15) is 0 Å². The van der Waals surface area contributed by atoms with Crippen LogP contribution in [-0.2, 0) is 5.75 Å². The lowest BCUT2D eigenvalue weighted by molar-refractivity contribution is 0.0957. The van der Waals surface area contributed by atoms with Crippen molar-refractivity contribution in [3.63, 3.8) is 0 Å². The molecular formula is C11H12N4O2S2. The number of nitrogens with two attached hydrogens (primary N) is 1. The minimum absolute atomic E-state index is 0.163. The summed E-state index contributed by atoms with van der Waals surface area (Å²) in [7, 11) is 0. The van der Waals surface area contributed by atoms with Gasteiger partial charge in [0.1, 0.15) is 0 Å². The molecule has 4 N–H and O–H groups in total. The fraction of sp³-hybridized carbons (Fsp3) is 0.182. The van der Waals surface area contributed by atoms with Gasteiger partial charge in [0.15, 0.2) is 5.16 Å². The Balaban J connectivity index is 2.04. The number of H-pyrrole nitrogens is 1. The second kappa shape index (κ2) is 6.00. The molecule has 2 heterocycles. The molecule has 0 aliphatic rings. The molecule has 100 valence electrons. The van der Waals surface area contributed by atoms with E-state index in [0.29, 0.717) is 21.5 Å². The number of aromatic nitrogens is 2. The van der Waals surface area contributed by atoms with Gasteiger partial charge < -0.3 is 4.98 Å². The fourth-order valence-electron chi connectivity index (χ4n) is 1.41. The lowest BCUT2D eigenvalue weighted by Crippen LogP contribution is -2.29. The third-order valence-electron chi connectivity index (χ3n) is 2.22. The first-order valence-corrected chi connectivity index (χ1v) is 7.19. The number of hydrogen-bond donors (Lipinski definition) is 3. The predicted molar refractivity (Wildman–Crippen MR) is 75.1 cm³/mol. The molecule has 0 saturated carbocycles. The lowest BCUT2D eigenvalue weighted by atomic mass is 10.4. The highest BCUT2D eigenvalue weighted by Gasteiger charge is 2.08. The highest BCUT2D eigenvalue weighted by atomic mass is 32.2. The molecule has 0 aliphatic carbocycles. The summed E-state index contributed by atoms with van der Waals surface area (Å²) in [4.78, 5) is 31.0. The van der Waals surface area contributed by atoms with Gasteiger partial charge in [0.05, 0.1) is 4.88 Å². The number of aromatic amines is 1. The highest BCUT2D eigenvalue weighted by molar-refractivity contribution is 7.98. The summed E-state index contributed by atoms with van der Waals surface area (Å²) in [6, 6.07) is 5.02. The van der Waals surface area contributed by atoms with Gasteiger partial charge in [-0.3, -0.25) is 15.0 Å². The number of thiophene rings is 1. The normalized spacial score (nSPS) is 10.4. The van der Waals surface area contributed by atoms with Crippen LogP contribution in [0.2, 0.25) is 0 Å². The SMILES string of the molecule is Cc1cc(=O)[nH]c(SCc2ccc(C(=O)NN)s2)n1. The first kappa shape index (κ1) is 13.8. The fourth-order valence-corrected chi connectivity index (χ4v) is 3.28. The quantitative estimate of drug-likeness (QED) is 0.257. The summed E-state index contributed by atoms with van der Waals surface area (Å²) in [5, 5.41) is 0.572. The highest BCUT2D eigenvalue weighted by Crippen LogP contribution is 2.24. The molecule has 0 unspecified atom stereocenters. The van der Waals surface area contributed by atoms with Gasteiger partial charge in [-0.05, 0) is 19.1 Å². The van der Waals surface area contributed by atoms with Crippen LogP contribution in [0.25, 0.3) is 0 Å². The molecule has 0 atom stereocenters. The largest absolute Gasteiger partial charge is 0.301 e. The zero-order valence-electron chi connectivity index (χ0n) is 10.1. The van der Waals surface area contributed by atoms with Crippen LogP contribution in [0.4, 0.5) is 0 Å². The van der Waals surface area contributed by atoms with E-state index in [-0.39, 0.29) is 11.5 Å². The van der Waals surface area contributed by atoms with Gasteiger partial charge in [0, 0.05) is 22.4 Å². The minimum Gasteiger partial charge on any atom is -0.301 e. The number of hydrogen-bond acceptors (Lipinski definition) is 6. The maximum atomic E-state index is 11.3. The molecule has 0 aliphatic heterocycles. The van der Waals surface area contributed by atoms with E-state index < -0.39 is 0 Å². The molecule has 0 radical (unpaired) electrons. The number of amides is 1. The van der Waals surface area contributed by atoms with Gasteiger partial charge in [0.2, 0.25) is 0 Å². The average Bonchev–Trinajstić information content (AvgIpc) is 2.83. The molecule has 2 aromatic heterocycles. The number of thioether (sulfide) groups is 1. The van der Waals surface area contributed by atoms with Crippen LogP contribution < -0.4 is 16.8 Å². The van der Waals surface area contributed by atoms with Crippen molar-refractivity contribution in [1.29, 1.82) is 0 Å². The van der Waals surface area contributed by atoms with Crippen LogP contribution >= 0.6 is 23.1 Å². The average molecular weight is 296 g/mol. The summed E-state index contributed by atoms with van der Waals surface area (Å²) in [5.74, 6) is 5.40. The van der Waals surface area contributed by atoms with Crippen LogP contribution in [0.5, 0.6) is 0 Å². The van der Waals surface area contributed by atoms with Crippen LogP contribution in [0, 0.1) is 6.92 Å². The Bertz CT molecular complexity index is 650. The Morgan fingerprint density at radius 2 is 2.37 bits per heavy atom. The summed E-state index contributed by atoms with van der Waals surface area (Å²) < 4.78 is 0. The smallest absolute Gasteiger partial charge is 0.275 e. The number of nitrogen functional groups attached to an aromatic ring is 1. The van der Waals surface area contributed by atoms with E-state index in [4.69, 9.17) is 5.84 Å². The molecule has 1 amide bonds. The van der Waals surface area contributed by atoms with E-state index in [0.717, 1.165) is 4.88 Å². The van der Waals surface area contributed by atoms with E-state index in [1.807, 2.05) is 6.07 Å². The monoisotopic (exact) mass is 296 g/mol. The summed E-state index contributed by atoms with van der Waals surface area (Å²) in [6.45, 7) is 1.77. The Kier molecular flexibility index (Phi) is 4.35. The summed E-state index contributed by atoms with van der Waals surface area (Å²) >= 11 is 2.78. The van der Waals surface area contributed by atoms with Gasteiger partial charge >= 0.3 is 0 Å². The van der Waals surface area contributed by atoms with Crippen LogP contribution in [-0.4, -0.2) is 15.9 Å². The number of aryl methyl sites for hydroxylation is 1. The topological polar surface area (TPSA) is 101 Å². The van der Waals surface area contributed by atoms with Gasteiger partial charge in [-0.15, -0.1) is 11.3 Å². The van der Waals surface area contributed by atoms with Crippen molar-refractivity contribution in [1.82, 2.24) is 15.4 Å². The Hall–Kier alpha value is -1.64. The molecule has 19 heavy (non-hydrogen) atoms. The Morgan fingerprint density at radius 1 is 1.58 bits per heavy atom. The molecular weight excluding hydrogens is 284 g/mol. The molecule has 0 saturated heterocycles. The molecule has 6 nitrogen and oxygen atoms in total. The van der Waals surface area contributed by atoms with E-state index in [9.17, 15) is 9.59 Å². The summed E-state index contributed by atoms with van der Waals surface area (Å²) in [6.07, 6.45) is 0. The number of nitrogens with one attached hydrogen (secondary N) is 2. The Morgan fingerprint density at radius 3 is 3.05 bits per heavy atom. The van der Waals surface area contributed by atoms with Crippen molar-refractivity contribution < 1.29 is 4.79 Å². The maximum absolute atomic E-state index is 11.3. The second-order valence-electron chi connectivity index (χ2n) is 3.72. The van der Waals surface area contributed by atoms with Gasteiger partial charge in [0.25, 0.3) is 11.5 Å². The van der Waals surface area contributed by atoms with Crippen molar-refractivity contribution in [3.8, 4) is 0 Å². The van der Waals surface area contributed by atoms with Crippen molar-refractivity contribution in [2.75, 3.05) is 0 Å². The molecule has 0 bridgehead atoms. The third kappa shape index (κ3) is 3.66. The van der Waals surface area contributed by atoms with E-state index >= 15 is 0 Å².